The maximum absolute atomic E-state index is 6.18. The summed E-state index contributed by atoms with van der Waals surface area (Å²) in [7, 11) is 1.79. The molecule has 4 rings (SSSR count). The average Bonchev–Trinajstić information content (AvgIpc) is 2.93. The van der Waals surface area contributed by atoms with E-state index in [0.29, 0.717) is 6.10 Å². The number of hydrogen-bond acceptors (Lipinski definition) is 2. The summed E-state index contributed by atoms with van der Waals surface area (Å²) in [5, 5.41) is 0. The van der Waals surface area contributed by atoms with Crippen LogP contribution in [0.25, 0.3) is 0 Å². The molecule has 0 aromatic carbocycles. The Hall–Kier alpha value is -0.0800. The Morgan fingerprint density at radius 2 is 0.889 bits per heavy atom. The first-order chi connectivity index (χ1) is 17.7. The van der Waals surface area contributed by atoms with Gasteiger partial charge < -0.3 is 9.47 Å². The summed E-state index contributed by atoms with van der Waals surface area (Å²) in [5.74, 6) is 7.34. The molecule has 0 N–H and O–H groups in total. The summed E-state index contributed by atoms with van der Waals surface area (Å²) in [4.78, 5) is 0. The smallest absolute Gasteiger partial charge is 0.0575 e. The van der Waals surface area contributed by atoms with E-state index in [-0.39, 0.29) is 0 Å². The van der Waals surface area contributed by atoms with Crippen LogP contribution in [-0.4, -0.2) is 26.4 Å². The quantitative estimate of drug-likeness (QED) is 0.233. The van der Waals surface area contributed by atoms with Crippen molar-refractivity contribution in [2.75, 3.05) is 20.3 Å². The Kier molecular flexibility index (Phi) is 13.0. The topological polar surface area (TPSA) is 18.5 Å². The van der Waals surface area contributed by atoms with Crippen LogP contribution < -0.4 is 0 Å². The van der Waals surface area contributed by atoms with Crippen LogP contribution in [-0.2, 0) is 9.47 Å². The van der Waals surface area contributed by atoms with Crippen molar-refractivity contribution < 1.29 is 9.47 Å². The first-order valence-electron chi connectivity index (χ1n) is 16.8. The van der Waals surface area contributed by atoms with E-state index in [9.17, 15) is 0 Å². The van der Waals surface area contributed by atoms with Crippen LogP contribution >= 0.6 is 0 Å². The van der Waals surface area contributed by atoms with E-state index in [0.717, 1.165) is 67.5 Å². The SMILES string of the molecule is COCCCCOC1CCC(C2CCC(C3CCC(CCCCC4CCC(C)CC4)CC3)CC2)CC1. The van der Waals surface area contributed by atoms with E-state index in [1.807, 2.05) is 0 Å². The van der Waals surface area contributed by atoms with Crippen molar-refractivity contribution in [3.8, 4) is 0 Å². The molecule has 2 nitrogen and oxygen atoms in total. The summed E-state index contributed by atoms with van der Waals surface area (Å²) in [5.41, 5.74) is 0. The van der Waals surface area contributed by atoms with Crippen molar-refractivity contribution in [2.45, 2.75) is 154 Å². The third kappa shape index (κ3) is 9.59. The Balaban J connectivity index is 1.02. The predicted molar refractivity (Wildman–Crippen MR) is 153 cm³/mol. The van der Waals surface area contributed by atoms with Gasteiger partial charge in [0.15, 0.2) is 0 Å². The van der Waals surface area contributed by atoms with Crippen molar-refractivity contribution in [3.63, 3.8) is 0 Å². The summed E-state index contributed by atoms with van der Waals surface area (Å²) in [6.45, 7) is 4.26. The van der Waals surface area contributed by atoms with E-state index < -0.39 is 0 Å². The normalized spacial score (nSPS) is 38.2. The minimum atomic E-state index is 0.548. The largest absolute Gasteiger partial charge is 0.385 e. The molecule has 4 aliphatic rings. The van der Waals surface area contributed by atoms with E-state index >= 15 is 0 Å². The number of ether oxygens (including phenoxy) is 2. The van der Waals surface area contributed by atoms with Gasteiger partial charge in [0.2, 0.25) is 0 Å². The zero-order valence-electron chi connectivity index (χ0n) is 24.4. The average molecular weight is 503 g/mol. The van der Waals surface area contributed by atoms with Gasteiger partial charge in [0.25, 0.3) is 0 Å². The third-order valence-electron chi connectivity index (χ3n) is 11.5. The van der Waals surface area contributed by atoms with E-state index in [1.54, 1.807) is 52.1 Å². The lowest BCUT2D eigenvalue weighted by atomic mass is 9.65. The summed E-state index contributed by atoms with van der Waals surface area (Å²) < 4.78 is 11.3. The van der Waals surface area contributed by atoms with Gasteiger partial charge >= 0.3 is 0 Å². The van der Waals surface area contributed by atoms with E-state index in [2.05, 4.69) is 6.92 Å². The molecule has 36 heavy (non-hydrogen) atoms. The Labute approximate surface area is 225 Å². The van der Waals surface area contributed by atoms with Gasteiger partial charge in [-0.1, -0.05) is 71.1 Å². The van der Waals surface area contributed by atoms with Crippen LogP contribution in [0.4, 0.5) is 0 Å². The molecule has 0 aromatic rings. The van der Waals surface area contributed by atoms with Crippen LogP contribution in [0.2, 0.25) is 0 Å². The van der Waals surface area contributed by atoms with Gasteiger partial charge in [-0.2, -0.15) is 0 Å². The van der Waals surface area contributed by atoms with Gasteiger partial charge in [0.05, 0.1) is 6.10 Å². The fraction of sp³-hybridized carbons (Fsp3) is 1.00. The molecule has 4 aliphatic carbocycles. The predicted octanol–water partition coefficient (Wildman–Crippen LogP) is 9.99. The highest BCUT2D eigenvalue weighted by Gasteiger charge is 2.34. The molecule has 210 valence electrons. The molecule has 0 heterocycles. The second kappa shape index (κ2) is 16.1. The number of rotatable bonds is 13. The number of hydrogen-bond donors (Lipinski definition) is 0. The summed E-state index contributed by atoms with van der Waals surface area (Å²) >= 11 is 0. The fourth-order valence-electron chi connectivity index (χ4n) is 8.85. The van der Waals surface area contributed by atoms with E-state index in [1.165, 1.54) is 83.5 Å². The van der Waals surface area contributed by atoms with Crippen LogP contribution in [0.3, 0.4) is 0 Å². The van der Waals surface area contributed by atoms with Gasteiger partial charge in [-0.05, 0) is 118 Å². The van der Waals surface area contributed by atoms with Crippen molar-refractivity contribution in [1.29, 1.82) is 0 Å². The van der Waals surface area contributed by atoms with Gasteiger partial charge in [0.1, 0.15) is 0 Å². The maximum Gasteiger partial charge on any atom is 0.0575 e. The van der Waals surface area contributed by atoms with Crippen molar-refractivity contribution in [2.24, 2.45) is 41.4 Å². The second-order valence-corrected chi connectivity index (χ2v) is 14.0. The Bertz CT molecular complexity index is 544. The molecule has 0 aliphatic heterocycles. The highest BCUT2D eigenvalue weighted by atomic mass is 16.5. The lowest BCUT2D eigenvalue weighted by molar-refractivity contribution is 0.00236. The van der Waals surface area contributed by atoms with Crippen LogP contribution in [0, 0.1) is 41.4 Å². The zero-order valence-corrected chi connectivity index (χ0v) is 24.4. The molecule has 2 heteroatoms. The number of methoxy groups -OCH3 is 1. The second-order valence-electron chi connectivity index (χ2n) is 14.0. The summed E-state index contributed by atoms with van der Waals surface area (Å²) in [6, 6.07) is 0. The third-order valence-corrected chi connectivity index (χ3v) is 11.5. The van der Waals surface area contributed by atoms with Crippen molar-refractivity contribution >= 4 is 0 Å². The molecule has 0 amide bonds. The van der Waals surface area contributed by atoms with Gasteiger partial charge in [-0.15, -0.1) is 0 Å². The van der Waals surface area contributed by atoms with Gasteiger partial charge in [-0.3, -0.25) is 0 Å². The lowest BCUT2D eigenvalue weighted by Crippen LogP contribution is -2.31. The summed E-state index contributed by atoms with van der Waals surface area (Å²) in [6.07, 6.45) is 32.9. The van der Waals surface area contributed by atoms with Crippen LogP contribution in [0.1, 0.15) is 148 Å². The van der Waals surface area contributed by atoms with Crippen molar-refractivity contribution in [1.82, 2.24) is 0 Å². The molecule has 0 unspecified atom stereocenters. The lowest BCUT2D eigenvalue weighted by Gasteiger charge is -2.41. The minimum absolute atomic E-state index is 0.548. The molecular weight excluding hydrogens is 440 g/mol. The highest BCUT2D eigenvalue weighted by molar-refractivity contribution is 4.86. The van der Waals surface area contributed by atoms with Crippen LogP contribution in [0.5, 0.6) is 0 Å². The molecule has 0 spiro atoms. The minimum Gasteiger partial charge on any atom is -0.385 e. The van der Waals surface area contributed by atoms with Gasteiger partial charge in [0, 0.05) is 20.3 Å². The van der Waals surface area contributed by atoms with Gasteiger partial charge in [-0.25, -0.2) is 0 Å². The van der Waals surface area contributed by atoms with Crippen LogP contribution in [0.15, 0.2) is 0 Å². The van der Waals surface area contributed by atoms with E-state index in [4.69, 9.17) is 9.47 Å². The molecule has 0 atom stereocenters. The standard InChI is InChI=1S/C34H62O2/c1-27-9-11-28(12-10-27)7-3-4-8-29-13-15-30(16-14-29)31-17-19-32(20-18-31)33-21-23-34(24-22-33)36-26-6-5-25-35-2/h27-34H,3-26H2,1-2H3. The number of unbranched alkanes of at least 4 members (excludes halogenated alkanes) is 2. The molecular formula is C34H62O2. The first kappa shape index (κ1) is 28.9. The maximum atomic E-state index is 6.18. The molecule has 0 radical (unpaired) electrons. The monoisotopic (exact) mass is 502 g/mol. The first-order valence-corrected chi connectivity index (χ1v) is 16.8. The zero-order chi connectivity index (χ0) is 25.0. The Morgan fingerprint density at radius 1 is 0.472 bits per heavy atom. The molecule has 0 aromatic heterocycles. The van der Waals surface area contributed by atoms with Crippen molar-refractivity contribution in [3.05, 3.63) is 0 Å². The molecule has 4 fully saturated rings. The molecule has 0 saturated heterocycles. The fourth-order valence-corrected chi connectivity index (χ4v) is 8.85. The highest BCUT2D eigenvalue weighted by Crippen LogP contribution is 2.46. The molecule has 0 bridgehead atoms. The molecule has 4 saturated carbocycles. The Morgan fingerprint density at radius 3 is 1.39 bits per heavy atom.